The minimum Gasteiger partial charge on any atom is -0.323 e. The van der Waals surface area contributed by atoms with Crippen molar-refractivity contribution in [2.24, 2.45) is 12.8 Å². The van der Waals surface area contributed by atoms with Gasteiger partial charge in [-0.2, -0.15) is 5.10 Å². The normalized spacial score (nSPS) is 12.8. The van der Waals surface area contributed by atoms with Crippen LogP contribution >= 0.6 is 0 Å². The summed E-state index contributed by atoms with van der Waals surface area (Å²) >= 11 is 0. The third-order valence-corrected chi connectivity index (χ3v) is 2.81. The first-order valence-electron chi connectivity index (χ1n) is 5.58. The summed E-state index contributed by atoms with van der Waals surface area (Å²) in [5.74, 6) is -10.0. The molecule has 0 amide bonds. The Morgan fingerprint density at radius 2 is 1.55 bits per heavy atom. The number of benzene rings is 1. The molecule has 108 valence electrons. The molecule has 0 radical (unpaired) electrons. The highest BCUT2D eigenvalue weighted by Gasteiger charge is 2.29. The molecule has 1 aromatic heterocycles. The lowest BCUT2D eigenvalue weighted by Crippen LogP contribution is -2.20. The Kier molecular flexibility index (Phi) is 3.76. The molecule has 0 aliphatic heterocycles. The van der Waals surface area contributed by atoms with E-state index in [-0.39, 0.29) is 6.42 Å². The van der Waals surface area contributed by atoms with Gasteiger partial charge in [0.15, 0.2) is 23.3 Å². The summed E-state index contributed by atoms with van der Waals surface area (Å²) in [7, 11) is 1.62. The van der Waals surface area contributed by atoms with Gasteiger partial charge in [-0.15, -0.1) is 0 Å². The van der Waals surface area contributed by atoms with E-state index in [1.54, 1.807) is 13.2 Å². The van der Waals surface area contributed by atoms with Crippen LogP contribution in [0.5, 0.6) is 0 Å². The molecule has 2 rings (SSSR count). The van der Waals surface area contributed by atoms with Crippen LogP contribution in [0.4, 0.5) is 22.0 Å². The maximum Gasteiger partial charge on any atom is 0.200 e. The standard InChI is InChI=1S/C12H10F5N3/c1-20-3-2-5(19-20)4-6(18)7-8(13)10(15)12(17)11(16)9(7)14/h2-3,6H,4,18H2,1H3. The molecule has 1 atom stereocenters. The number of hydrogen-bond donors (Lipinski definition) is 1. The lowest BCUT2D eigenvalue weighted by atomic mass is 10.0. The second-order valence-electron chi connectivity index (χ2n) is 4.27. The van der Waals surface area contributed by atoms with Gasteiger partial charge in [-0.3, -0.25) is 4.68 Å². The predicted octanol–water partition coefficient (Wildman–Crippen LogP) is 2.36. The Labute approximate surface area is 110 Å². The van der Waals surface area contributed by atoms with Crippen molar-refractivity contribution in [1.82, 2.24) is 9.78 Å². The maximum atomic E-state index is 13.5. The van der Waals surface area contributed by atoms with Gasteiger partial charge in [0.05, 0.1) is 5.69 Å². The summed E-state index contributed by atoms with van der Waals surface area (Å²) in [4.78, 5) is 0. The molecule has 3 nitrogen and oxygen atoms in total. The highest BCUT2D eigenvalue weighted by Crippen LogP contribution is 2.28. The average Bonchev–Trinajstić information content (AvgIpc) is 2.79. The van der Waals surface area contributed by atoms with Gasteiger partial charge in [0, 0.05) is 31.3 Å². The van der Waals surface area contributed by atoms with Gasteiger partial charge >= 0.3 is 0 Å². The van der Waals surface area contributed by atoms with Crippen molar-refractivity contribution in [1.29, 1.82) is 0 Å². The number of aryl methyl sites for hydroxylation is 1. The second-order valence-corrected chi connectivity index (χ2v) is 4.27. The molecule has 0 saturated heterocycles. The molecule has 0 bridgehead atoms. The number of nitrogens with zero attached hydrogens (tertiary/aromatic N) is 2. The molecule has 0 spiro atoms. The van der Waals surface area contributed by atoms with E-state index in [0.717, 1.165) is 0 Å². The molecule has 1 heterocycles. The minimum atomic E-state index is -2.20. The van der Waals surface area contributed by atoms with Crippen molar-refractivity contribution in [3.8, 4) is 0 Å². The van der Waals surface area contributed by atoms with Crippen LogP contribution in [-0.4, -0.2) is 9.78 Å². The summed E-state index contributed by atoms with van der Waals surface area (Å²) in [5.41, 5.74) is 4.88. The Morgan fingerprint density at radius 1 is 1.05 bits per heavy atom. The Hall–Kier alpha value is -1.96. The smallest absolute Gasteiger partial charge is 0.200 e. The zero-order valence-corrected chi connectivity index (χ0v) is 10.3. The summed E-state index contributed by atoms with van der Waals surface area (Å²) < 4.78 is 67.5. The minimum absolute atomic E-state index is 0.154. The average molecular weight is 291 g/mol. The van der Waals surface area contributed by atoms with Crippen LogP contribution in [-0.2, 0) is 13.5 Å². The predicted molar refractivity (Wildman–Crippen MR) is 60.1 cm³/mol. The van der Waals surface area contributed by atoms with Gasteiger partial charge < -0.3 is 5.73 Å². The van der Waals surface area contributed by atoms with Crippen LogP contribution in [0, 0.1) is 29.1 Å². The van der Waals surface area contributed by atoms with Crippen molar-refractivity contribution >= 4 is 0 Å². The van der Waals surface area contributed by atoms with E-state index >= 15 is 0 Å². The first kappa shape index (κ1) is 14.4. The lowest BCUT2D eigenvalue weighted by Gasteiger charge is -2.14. The fraction of sp³-hybridized carbons (Fsp3) is 0.250. The SMILES string of the molecule is Cn1ccc(CC(N)c2c(F)c(F)c(F)c(F)c2F)n1. The lowest BCUT2D eigenvalue weighted by molar-refractivity contribution is 0.363. The van der Waals surface area contributed by atoms with Gasteiger partial charge in [-0.05, 0) is 6.07 Å². The van der Waals surface area contributed by atoms with Crippen molar-refractivity contribution in [2.45, 2.75) is 12.5 Å². The Morgan fingerprint density at radius 3 is 2.00 bits per heavy atom. The zero-order valence-electron chi connectivity index (χ0n) is 10.3. The molecular formula is C12H10F5N3. The molecule has 20 heavy (non-hydrogen) atoms. The van der Waals surface area contributed by atoms with Gasteiger partial charge in [-0.1, -0.05) is 0 Å². The summed E-state index contributed by atoms with van der Waals surface area (Å²) in [6.07, 6.45) is 1.42. The monoisotopic (exact) mass is 291 g/mol. The number of aromatic nitrogens is 2. The number of hydrogen-bond acceptors (Lipinski definition) is 2. The molecule has 2 aromatic rings. The van der Waals surface area contributed by atoms with Crippen molar-refractivity contribution in [3.05, 3.63) is 52.6 Å². The van der Waals surface area contributed by atoms with Crippen molar-refractivity contribution in [2.75, 3.05) is 0 Å². The summed E-state index contributed by atoms with van der Waals surface area (Å²) in [6, 6.07) is 0.140. The molecule has 2 N–H and O–H groups in total. The van der Waals surface area contributed by atoms with E-state index in [9.17, 15) is 22.0 Å². The summed E-state index contributed by atoms with van der Waals surface area (Å²) in [6.45, 7) is 0. The van der Waals surface area contributed by atoms with E-state index in [1.807, 2.05) is 0 Å². The number of nitrogens with two attached hydrogens (primary N) is 1. The molecule has 0 fully saturated rings. The van der Waals surface area contributed by atoms with E-state index in [0.29, 0.717) is 5.69 Å². The van der Waals surface area contributed by atoms with Crippen LogP contribution in [0.15, 0.2) is 12.3 Å². The van der Waals surface area contributed by atoms with E-state index in [2.05, 4.69) is 5.10 Å². The quantitative estimate of drug-likeness (QED) is 0.536. The first-order valence-corrected chi connectivity index (χ1v) is 5.58. The largest absolute Gasteiger partial charge is 0.323 e. The fourth-order valence-electron chi connectivity index (χ4n) is 1.85. The van der Waals surface area contributed by atoms with Gasteiger partial charge in [-0.25, -0.2) is 22.0 Å². The molecular weight excluding hydrogens is 281 g/mol. The molecule has 0 saturated carbocycles. The highest BCUT2D eigenvalue weighted by molar-refractivity contribution is 5.27. The topological polar surface area (TPSA) is 43.8 Å². The van der Waals surface area contributed by atoms with Crippen LogP contribution in [0.1, 0.15) is 17.3 Å². The first-order chi connectivity index (χ1) is 9.32. The Balaban J connectivity index is 2.42. The van der Waals surface area contributed by atoms with Crippen LogP contribution in [0.3, 0.4) is 0 Å². The van der Waals surface area contributed by atoms with Crippen LogP contribution in [0.2, 0.25) is 0 Å². The van der Waals surface area contributed by atoms with Crippen LogP contribution in [0.25, 0.3) is 0 Å². The maximum absolute atomic E-state index is 13.5. The Bertz CT molecular complexity index is 624. The van der Waals surface area contributed by atoms with Gasteiger partial charge in [0.25, 0.3) is 0 Å². The summed E-state index contributed by atoms with van der Waals surface area (Å²) in [5, 5.41) is 3.93. The molecule has 0 aliphatic carbocycles. The zero-order chi connectivity index (χ0) is 15.0. The molecule has 1 aromatic carbocycles. The second kappa shape index (κ2) is 5.20. The highest BCUT2D eigenvalue weighted by atomic mass is 19.2. The van der Waals surface area contributed by atoms with E-state index < -0.39 is 40.7 Å². The fourth-order valence-corrected chi connectivity index (χ4v) is 1.85. The van der Waals surface area contributed by atoms with Crippen molar-refractivity contribution in [3.63, 3.8) is 0 Å². The third kappa shape index (κ3) is 2.38. The molecule has 0 aliphatic rings. The van der Waals surface area contributed by atoms with Crippen molar-refractivity contribution < 1.29 is 22.0 Å². The number of rotatable bonds is 3. The molecule has 8 heteroatoms. The van der Waals surface area contributed by atoms with Gasteiger partial charge in [0.2, 0.25) is 5.82 Å². The molecule has 1 unspecified atom stereocenters. The number of halogens is 5. The third-order valence-electron chi connectivity index (χ3n) is 2.81. The van der Waals surface area contributed by atoms with E-state index in [1.165, 1.54) is 10.7 Å². The van der Waals surface area contributed by atoms with E-state index in [4.69, 9.17) is 5.73 Å². The van der Waals surface area contributed by atoms with Crippen LogP contribution < -0.4 is 5.73 Å². The van der Waals surface area contributed by atoms with Gasteiger partial charge in [0.1, 0.15) is 0 Å².